The number of aryl methyl sites for hydroxylation is 2. The summed E-state index contributed by atoms with van der Waals surface area (Å²) in [6.45, 7) is 4.39. The van der Waals surface area contributed by atoms with E-state index in [1.807, 2.05) is 30.3 Å². The van der Waals surface area contributed by atoms with Gasteiger partial charge in [-0.2, -0.15) is 0 Å². The molecule has 0 amide bonds. The molecule has 0 aromatic heterocycles. The van der Waals surface area contributed by atoms with Gasteiger partial charge >= 0.3 is 7.32 Å². The summed E-state index contributed by atoms with van der Waals surface area (Å²) in [6, 6.07) is 28.8. The van der Waals surface area contributed by atoms with Crippen LogP contribution in [0.1, 0.15) is 25.0 Å². The lowest BCUT2D eigenvalue weighted by atomic mass is 9.97. The van der Waals surface area contributed by atoms with Gasteiger partial charge in [0, 0.05) is 5.39 Å². The number of rotatable bonds is 4. The Balaban J connectivity index is 0.000000200. The third kappa shape index (κ3) is 5.37. The topological polar surface area (TPSA) is 49.7 Å². The molecule has 33 heavy (non-hydrogen) atoms. The predicted octanol–water partition coefficient (Wildman–Crippen LogP) is 5.81. The third-order valence-electron chi connectivity index (χ3n) is 5.81. The predicted molar refractivity (Wildman–Crippen MR) is 144 cm³/mol. The molecule has 0 saturated heterocycles. The molecule has 1 unspecified atom stereocenters. The highest BCUT2D eigenvalue weighted by Crippen LogP contribution is 2.35. The van der Waals surface area contributed by atoms with Crippen LogP contribution in [0.3, 0.4) is 0 Å². The van der Waals surface area contributed by atoms with E-state index in [0.29, 0.717) is 5.75 Å². The van der Waals surface area contributed by atoms with E-state index in [4.69, 9.17) is 14.7 Å². The summed E-state index contributed by atoms with van der Waals surface area (Å²) in [6.07, 6.45) is 2.27. The molecule has 2 N–H and O–H groups in total. The molecule has 5 heteroatoms. The average molecular weight is 454 g/mol. The van der Waals surface area contributed by atoms with E-state index < -0.39 is 7.32 Å². The zero-order valence-corrected chi connectivity index (χ0v) is 20.1. The lowest BCUT2D eigenvalue weighted by Crippen LogP contribution is -2.20. The van der Waals surface area contributed by atoms with Gasteiger partial charge < -0.3 is 14.7 Å². The van der Waals surface area contributed by atoms with Crippen molar-refractivity contribution in [2.75, 3.05) is 0 Å². The van der Waals surface area contributed by atoms with Gasteiger partial charge in [-0.05, 0) is 74.4 Å². The first-order valence-electron chi connectivity index (χ1n) is 11.2. The van der Waals surface area contributed by atoms with Crippen molar-refractivity contribution in [3.63, 3.8) is 0 Å². The van der Waals surface area contributed by atoms with Gasteiger partial charge in [0.15, 0.2) is 0 Å². The first-order valence-corrected chi connectivity index (χ1v) is 11.8. The Morgan fingerprint density at radius 1 is 0.697 bits per heavy atom. The fourth-order valence-corrected chi connectivity index (χ4v) is 4.61. The van der Waals surface area contributed by atoms with Crippen molar-refractivity contribution >= 4 is 54.2 Å². The van der Waals surface area contributed by atoms with Crippen LogP contribution in [0.15, 0.2) is 84.9 Å². The fourth-order valence-electron chi connectivity index (χ4n) is 4.18. The molecule has 0 bridgehead atoms. The van der Waals surface area contributed by atoms with E-state index in [0.717, 1.165) is 39.8 Å². The molecule has 5 aromatic rings. The lowest BCUT2D eigenvalue weighted by Gasteiger charge is -2.12. The van der Waals surface area contributed by atoms with Crippen LogP contribution in [-0.4, -0.2) is 17.4 Å². The summed E-state index contributed by atoms with van der Waals surface area (Å²) in [5.74, 6) is 0.466. The van der Waals surface area contributed by atoms with Gasteiger partial charge in [-0.3, -0.25) is 0 Å². The molecular weight excluding hydrogens is 426 g/mol. The van der Waals surface area contributed by atoms with Gasteiger partial charge in [0.2, 0.25) is 0 Å². The average Bonchev–Trinajstić information content (AvgIpc) is 2.82. The normalized spacial score (nSPS) is 10.8. The molecule has 0 aliphatic carbocycles. The molecule has 0 spiro atoms. The summed E-state index contributed by atoms with van der Waals surface area (Å²) >= 11 is 0. The standard InChI is InChI=1S/C18H13BO3.C10H15P/c20-19(21)22-17-7-3-6-12-8-9-15-10-13-4-1-2-5-14(13)11-16(15)18(12)17;1-3-8-5-9(4-2)7-10(11)6-8/h1-11,20-21H;5-7H,3-4,11H2,1-2H3. The van der Waals surface area contributed by atoms with Crippen LogP contribution in [-0.2, 0) is 12.8 Å². The van der Waals surface area contributed by atoms with Crippen molar-refractivity contribution in [1.82, 2.24) is 0 Å². The highest BCUT2D eigenvalue weighted by atomic mass is 31.0. The van der Waals surface area contributed by atoms with E-state index in [2.05, 4.69) is 71.6 Å². The summed E-state index contributed by atoms with van der Waals surface area (Å²) in [4.78, 5) is 0. The first-order chi connectivity index (χ1) is 16.0. The Kier molecular flexibility index (Phi) is 7.30. The second-order valence-corrected chi connectivity index (χ2v) is 8.74. The maximum Gasteiger partial charge on any atom is 0.707 e. The van der Waals surface area contributed by atoms with Crippen LogP contribution < -0.4 is 9.96 Å². The van der Waals surface area contributed by atoms with Crippen LogP contribution >= 0.6 is 9.24 Å². The Bertz CT molecular complexity index is 1390. The Morgan fingerprint density at radius 3 is 1.94 bits per heavy atom. The van der Waals surface area contributed by atoms with Crippen LogP contribution in [0.5, 0.6) is 5.75 Å². The van der Waals surface area contributed by atoms with E-state index in [1.54, 1.807) is 6.07 Å². The smallest absolute Gasteiger partial charge is 0.511 e. The van der Waals surface area contributed by atoms with Crippen molar-refractivity contribution in [3.05, 3.63) is 96.1 Å². The second-order valence-electron chi connectivity index (χ2n) is 8.07. The van der Waals surface area contributed by atoms with Crippen LogP contribution in [0.4, 0.5) is 0 Å². The molecule has 3 nitrogen and oxygen atoms in total. The molecule has 1 atom stereocenters. The Morgan fingerprint density at radius 2 is 1.30 bits per heavy atom. The SMILES string of the molecule is CCc1cc(P)cc(CC)c1.OB(O)Oc1cccc2ccc3cc4ccccc4cc3c12. The number of benzene rings is 5. The maximum atomic E-state index is 9.14. The number of fused-ring (bicyclic) bond motifs is 4. The molecule has 5 rings (SSSR count). The minimum Gasteiger partial charge on any atom is -0.511 e. The largest absolute Gasteiger partial charge is 0.707 e. The van der Waals surface area contributed by atoms with Gasteiger partial charge in [-0.25, -0.2) is 0 Å². The van der Waals surface area contributed by atoms with Crippen LogP contribution in [0.25, 0.3) is 32.3 Å². The van der Waals surface area contributed by atoms with Gasteiger partial charge in [0.25, 0.3) is 0 Å². The molecule has 0 saturated carbocycles. The Hall–Kier alpha value is -2.91. The van der Waals surface area contributed by atoms with Crippen molar-refractivity contribution in [2.24, 2.45) is 0 Å². The molecular formula is C28H28BO3P. The monoisotopic (exact) mass is 454 g/mol. The first kappa shape index (κ1) is 23.3. The van der Waals surface area contributed by atoms with Gasteiger partial charge in [0.1, 0.15) is 5.75 Å². The minimum absolute atomic E-state index is 0.466. The summed E-state index contributed by atoms with van der Waals surface area (Å²) in [5, 5.41) is 25.9. The lowest BCUT2D eigenvalue weighted by molar-refractivity contribution is 0.289. The summed E-state index contributed by atoms with van der Waals surface area (Å²) < 4.78 is 5.16. The van der Waals surface area contributed by atoms with Crippen LogP contribution in [0.2, 0.25) is 0 Å². The van der Waals surface area contributed by atoms with E-state index >= 15 is 0 Å². The van der Waals surface area contributed by atoms with Crippen molar-refractivity contribution in [3.8, 4) is 5.75 Å². The Labute approximate surface area is 197 Å². The molecule has 0 aliphatic rings. The van der Waals surface area contributed by atoms with Crippen molar-refractivity contribution in [1.29, 1.82) is 0 Å². The van der Waals surface area contributed by atoms with Crippen molar-refractivity contribution in [2.45, 2.75) is 26.7 Å². The maximum absolute atomic E-state index is 9.14. The zero-order chi connectivity index (χ0) is 23.4. The zero-order valence-electron chi connectivity index (χ0n) is 19.0. The third-order valence-corrected chi connectivity index (χ3v) is 6.15. The molecule has 5 aromatic carbocycles. The quantitative estimate of drug-likeness (QED) is 0.156. The van der Waals surface area contributed by atoms with Gasteiger partial charge in [-0.15, -0.1) is 9.24 Å². The molecule has 0 heterocycles. The van der Waals surface area contributed by atoms with Crippen LogP contribution in [0, 0.1) is 0 Å². The van der Waals surface area contributed by atoms with E-state index in [-0.39, 0.29) is 0 Å². The summed E-state index contributed by atoms with van der Waals surface area (Å²) in [7, 11) is 0.924. The highest BCUT2D eigenvalue weighted by molar-refractivity contribution is 7.27. The fraction of sp³-hybridized carbons (Fsp3) is 0.143. The van der Waals surface area contributed by atoms with Gasteiger partial charge in [-0.1, -0.05) is 80.6 Å². The highest BCUT2D eigenvalue weighted by Gasteiger charge is 2.15. The number of hydrogen-bond acceptors (Lipinski definition) is 3. The molecule has 166 valence electrons. The van der Waals surface area contributed by atoms with E-state index in [1.165, 1.54) is 21.8 Å². The molecule has 0 radical (unpaired) electrons. The molecule has 0 fully saturated rings. The summed E-state index contributed by atoms with van der Waals surface area (Å²) in [5.41, 5.74) is 2.88. The second kappa shape index (κ2) is 10.4. The number of hydrogen-bond donors (Lipinski definition) is 2. The minimum atomic E-state index is -1.83. The molecule has 0 aliphatic heterocycles. The van der Waals surface area contributed by atoms with Gasteiger partial charge in [0.05, 0.1) is 0 Å². The van der Waals surface area contributed by atoms with E-state index in [9.17, 15) is 0 Å². The van der Waals surface area contributed by atoms with Crippen molar-refractivity contribution < 1.29 is 14.7 Å².